The lowest BCUT2D eigenvalue weighted by Crippen LogP contribution is -2.21. The van der Waals surface area contributed by atoms with Gasteiger partial charge in [-0.1, -0.05) is 6.07 Å². The second kappa shape index (κ2) is 8.45. The first-order valence-electron chi connectivity index (χ1n) is 9.62. The lowest BCUT2D eigenvalue weighted by molar-refractivity contribution is 0.314. The third kappa shape index (κ3) is 4.30. The summed E-state index contributed by atoms with van der Waals surface area (Å²) in [7, 11) is 3.34. The maximum Gasteiger partial charge on any atom is 0.251 e. The van der Waals surface area contributed by atoms with Crippen LogP contribution in [0.4, 0.5) is 0 Å². The molecule has 1 saturated heterocycles. The second-order valence-corrected chi connectivity index (χ2v) is 7.13. The molecule has 3 aromatic rings. The normalized spacial score (nSPS) is 16.7. The van der Waals surface area contributed by atoms with Crippen LogP contribution in [0.15, 0.2) is 53.5 Å². The summed E-state index contributed by atoms with van der Waals surface area (Å²) < 4.78 is 10.8. The minimum absolute atomic E-state index is 0.149. The summed E-state index contributed by atoms with van der Waals surface area (Å²) in [5.74, 6) is 2.55. The van der Waals surface area contributed by atoms with E-state index in [0.29, 0.717) is 11.4 Å². The van der Waals surface area contributed by atoms with Crippen LogP contribution in [0.2, 0.25) is 0 Å². The SMILES string of the molecule is COc1ccc(OC)c(CN2CC[C@@H](c3nc(-c4ccccn4)cc(=O)[nH]3)C2)c1. The van der Waals surface area contributed by atoms with Crippen molar-refractivity contribution in [1.82, 2.24) is 19.9 Å². The van der Waals surface area contributed by atoms with Crippen LogP contribution in [0, 0.1) is 0 Å². The average molecular weight is 392 g/mol. The summed E-state index contributed by atoms with van der Waals surface area (Å²) in [6.45, 7) is 2.48. The number of benzene rings is 1. The number of pyridine rings is 1. The Kier molecular flexibility index (Phi) is 5.57. The summed E-state index contributed by atoms with van der Waals surface area (Å²) >= 11 is 0. The zero-order valence-electron chi connectivity index (χ0n) is 16.6. The molecule has 0 amide bonds. The summed E-state index contributed by atoms with van der Waals surface area (Å²) in [5, 5.41) is 0. The van der Waals surface area contributed by atoms with Crippen molar-refractivity contribution >= 4 is 0 Å². The molecular weight excluding hydrogens is 368 g/mol. The zero-order chi connectivity index (χ0) is 20.2. The van der Waals surface area contributed by atoms with E-state index in [1.807, 2.05) is 36.4 Å². The van der Waals surface area contributed by atoms with E-state index in [1.54, 1.807) is 20.4 Å². The van der Waals surface area contributed by atoms with Gasteiger partial charge in [0.05, 0.1) is 25.6 Å². The van der Waals surface area contributed by atoms with E-state index in [4.69, 9.17) is 14.5 Å². The Morgan fingerprint density at radius 3 is 2.79 bits per heavy atom. The van der Waals surface area contributed by atoms with E-state index in [9.17, 15) is 4.79 Å². The van der Waals surface area contributed by atoms with Crippen LogP contribution in [0.25, 0.3) is 11.4 Å². The third-order valence-corrected chi connectivity index (χ3v) is 5.23. The molecule has 0 saturated carbocycles. The molecule has 1 N–H and O–H groups in total. The largest absolute Gasteiger partial charge is 0.497 e. The number of aromatic nitrogens is 3. The number of hydrogen-bond acceptors (Lipinski definition) is 6. The van der Waals surface area contributed by atoms with E-state index in [1.165, 1.54) is 6.07 Å². The highest BCUT2D eigenvalue weighted by Crippen LogP contribution is 2.30. The summed E-state index contributed by atoms with van der Waals surface area (Å²) in [4.78, 5) is 26.5. The van der Waals surface area contributed by atoms with Crippen molar-refractivity contribution < 1.29 is 9.47 Å². The van der Waals surface area contributed by atoms with Crippen LogP contribution in [0.1, 0.15) is 23.7 Å². The monoisotopic (exact) mass is 392 g/mol. The molecule has 2 aromatic heterocycles. The summed E-state index contributed by atoms with van der Waals surface area (Å²) in [5.41, 5.74) is 2.24. The molecule has 150 valence electrons. The smallest absolute Gasteiger partial charge is 0.251 e. The maximum absolute atomic E-state index is 12.2. The second-order valence-electron chi connectivity index (χ2n) is 7.13. The van der Waals surface area contributed by atoms with Gasteiger partial charge in [-0.25, -0.2) is 4.98 Å². The van der Waals surface area contributed by atoms with Gasteiger partial charge in [-0.15, -0.1) is 0 Å². The molecule has 1 aliphatic heterocycles. The van der Waals surface area contributed by atoms with Crippen molar-refractivity contribution in [1.29, 1.82) is 0 Å². The molecule has 4 rings (SSSR count). The standard InChI is InChI=1S/C22H24N4O3/c1-28-17-6-7-20(29-2)16(11-17)14-26-10-8-15(13-26)22-24-19(12-21(27)25-22)18-5-3-4-9-23-18/h3-7,9,11-12,15H,8,10,13-14H2,1-2H3,(H,24,25,27)/t15-/m1/s1. The van der Waals surface area contributed by atoms with Crippen molar-refractivity contribution in [2.24, 2.45) is 0 Å². The molecule has 0 spiro atoms. The fourth-order valence-electron chi connectivity index (χ4n) is 3.76. The van der Waals surface area contributed by atoms with Crippen molar-refractivity contribution in [3.8, 4) is 22.9 Å². The van der Waals surface area contributed by atoms with Crippen molar-refractivity contribution in [3.05, 3.63) is 70.4 Å². The Morgan fingerprint density at radius 1 is 1.14 bits per heavy atom. The lowest BCUT2D eigenvalue weighted by Gasteiger charge is -2.18. The molecule has 1 aromatic carbocycles. The minimum Gasteiger partial charge on any atom is -0.497 e. The predicted octanol–water partition coefficient (Wildman–Crippen LogP) is 2.84. The first kappa shape index (κ1) is 19.1. The highest BCUT2D eigenvalue weighted by molar-refractivity contribution is 5.52. The van der Waals surface area contributed by atoms with Crippen LogP contribution in [0.3, 0.4) is 0 Å². The molecule has 29 heavy (non-hydrogen) atoms. The molecule has 0 radical (unpaired) electrons. The van der Waals surface area contributed by atoms with Gasteiger partial charge < -0.3 is 14.5 Å². The number of methoxy groups -OCH3 is 2. The molecule has 0 unspecified atom stereocenters. The van der Waals surface area contributed by atoms with Gasteiger partial charge in [0.15, 0.2) is 0 Å². The molecular formula is C22H24N4O3. The Labute approximate surface area is 169 Å². The molecule has 7 nitrogen and oxygen atoms in total. The number of nitrogens with one attached hydrogen (secondary N) is 1. The molecule has 0 aliphatic carbocycles. The van der Waals surface area contributed by atoms with Gasteiger partial charge in [-0.2, -0.15) is 0 Å². The number of ether oxygens (including phenoxy) is 2. The van der Waals surface area contributed by atoms with Crippen molar-refractivity contribution in [2.75, 3.05) is 27.3 Å². The molecule has 1 aliphatic rings. The Hall–Kier alpha value is -3.19. The number of likely N-dealkylation sites (tertiary alicyclic amines) is 1. The van der Waals surface area contributed by atoms with Gasteiger partial charge in [-0.3, -0.25) is 14.7 Å². The van der Waals surface area contributed by atoms with Gasteiger partial charge in [0.2, 0.25) is 0 Å². The highest BCUT2D eigenvalue weighted by Gasteiger charge is 2.27. The topological polar surface area (TPSA) is 80.3 Å². The third-order valence-electron chi connectivity index (χ3n) is 5.23. The van der Waals surface area contributed by atoms with Crippen molar-refractivity contribution in [3.63, 3.8) is 0 Å². The van der Waals surface area contributed by atoms with Gasteiger partial charge >= 0.3 is 0 Å². The quantitative estimate of drug-likeness (QED) is 0.695. The van der Waals surface area contributed by atoms with Gasteiger partial charge in [-0.05, 0) is 43.3 Å². The Balaban J connectivity index is 1.52. The van der Waals surface area contributed by atoms with Crippen LogP contribution >= 0.6 is 0 Å². The number of hydrogen-bond donors (Lipinski definition) is 1. The van der Waals surface area contributed by atoms with Crippen LogP contribution in [0.5, 0.6) is 11.5 Å². The molecule has 1 fully saturated rings. The summed E-state index contributed by atoms with van der Waals surface area (Å²) in [6, 6.07) is 12.9. The molecule has 3 heterocycles. The van der Waals surface area contributed by atoms with Gasteiger partial charge in [0, 0.05) is 36.8 Å². The molecule has 7 heteroatoms. The first-order chi connectivity index (χ1) is 14.2. The van der Waals surface area contributed by atoms with Gasteiger partial charge in [0.25, 0.3) is 5.56 Å². The van der Waals surface area contributed by atoms with Crippen LogP contribution < -0.4 is 15.0 Å². The maximum atomic E-state index is 12.2. The number of rotatable bonds is 6. The molecule has 0 bridgehead atoms. The van der Waals surface area contributed by atoms with E-state index >= 15 is 0 Å². The van der Waals surface area contributed by atoms with Crippen LogP contribution in [-0.4, -0.2) is 47.2 Å². The zero-order valence-corrected chi connectivity index (χ0v) is 16.6. The highest BCUT2D eigenvalue weighted by atomic mass is 16.5. The summed E-state index contributed by atoms with van der Waals surface area (Å²) in [6.07, 6.45) is 2.64. The van der Waals surface area contributed by atoms with E-state index in [0.717, 1.165) is 48.9 Å². The Morgan fingerprint density at radius 2 is 2.03 bits per heavy atom. The lowest BCUT2D eigenvalue weighted by atomic mass is 10.1. The minimum atomic E-state index is -0.149. The number of aromatic amines is 1. The number of H-pyrrole nitrogens is 1. The molecule has 1 atom stereocenters. The van der Waals surface area contributed by atoms with E-state index in [2.05, 4.69) is 14.9 Å². The average Bonchev–Trinajstić information content (AvgIpc) is 3.22. The van der Waals surface area contributed by atoms with Gasteiger partial charge in [0.1, 0.15) is 17.3 Å². The fourth-order valence-corrected chi connectivity index (χ4v) is 3.76. The van der Waals surface area contributed by atoms with Crippen LogP contribution in [-0.2, 0) is 6.54 Å². The Bertz CT molecular complexity index is 1040. The van der Waals surface area contributed by atoms with Crippen molar-refractivity contribution in [2.45, 2.75) is 18.9 Å². The fraction of sp³-hybridized carbons (Fsp3) is 0.318. The van der Waals surface area contributed by atoms with E-state index in [-0.39, 0.29) is 11.5 Å². The number of nitrogens with zero attached hydrogens (tertiary/aromatic N) is 3. The predicted molar refractivity (Wildman–Crippen MR) is 110 cm³/mol. The van der Waals surface area contributed by atoms with E-state index < -0.39 is 0 Å². The first-order valence-corrected chi connectivity index (χ1v) is 9.62.